The summed E-state index contributed by atoms with van der Waals surface area (Å²) in [5, 5.41) is 13.7. The Kier molecular flexibility index (Phi) is 5.64. The van der Waals surface area contributed by atoms with Crippen molar-refractivity contribution in [3.8, 4) is 11.5 Å². The van der Waals surface area contributed by atoms with Crippen molar-refractivity contribution in [1.82, 2.24) is 9.78 Å². The minimum atomic E-state index is -4.60. The molecular weight excluding hydrogens is 443 g/mol. The van der Waals surface area contributed by atoms with E-state index in [9.17, 15) is 32.9 Å². The molecule has 0 saturated heterocycles. The number of hydrogen-bond acceptors (Lipinski definition) is 5. The molecule has 0 bridgehead atoms. The molecule has 0 fully saturated rings. The lowest BCUT2D eigenvalue weighted by Crippen LogP contribution is -2.20. The molecule has 3 aromatic rings. The molecule has 2 aromatic carbocycles. The molecule has 1 heterocycles. The second-order valence-electron chi connectivity index (χ2n) is 6.49. The maximum Gasteiger partial charge on any atom is 0.416 e. The van der Waals surface area contributed by atoms with Crippen molar-refractivity contribution in [2.45, 2.75) is 13.1 Å². The number of rotatable bonds is 5. The van der Waals surface area contributed by atoms with E-state index in [4.69, 9.17) is 16.3 Å². The summed E-state index contributed by atoms with van der Waals surface area (Å²) >= 11 is 5.86. The number of hydrogen-bond donors (Lipinski definition) is 1. The highest BCUT2D eigenvalue weighted by Gasteiger charge is 2.31. The summed E-state index contributed by atoms with van der Waals surface area (Å²) in [6.07, 6.45) is -4.60. The van der Waals surface area contributed by atoms with Crippen molar-refractivity contribution in [2.24, 2.45) is 7.05 Å². The molecule has 0 aliphatic heterocycles. The van der Waals surface area contributed by atoms with Crippen LogP contribution in [0.1, 0.15) is 27.2 Å². The summed E-state index contributed by atoms with van der Waals surface area (Å²) in [4.78, 5) is 35.7. The number of aromatic nitrogens is 2. The fourth-order valence-electron chi connectivity index (χ4n) is 2.90. The second-order valence-corrected chi connectivity index (χ2v) is 6.89. The van der Waals surface area contributed by atoms with Crippen LogP contribution in [-0.2, 0) is 13.2 Å². The van der Waals surface area contributed by atoms with Crippen molar-refractivity contribution in [2.75, 3.05) is 0 Å². The Labute approximate surface area is 177 Å². The van der Waals surface area contributed by atoms with Crippen molar-refractivity contribution < 1.29 is 27.6 Å². The second kappa shape index (κ2) is 7.91. The Bertz CT molecular complexity index is 1260. The lowest BCUT2D eigenvalue weighted by Gasteiger charge is -2.12. The maximum absolute atomic E-state index is 12.9. The highest BCUT2D eigenvalue weighted by Crippen LogP contribution is 2.37. The zero-order valence-corrected chi connectivity index (χ0v) is 16.7. The number of nitrogens with one attached hydrogen (secondary N) is 1. The first-order chi connectivity index (χ1) is 14.4. The predicted molar refractivity (Wildman–Crippen MR) is 104 cm³/mol. The van der Waals surface area contributed by atoms with Crippen LogP contribution in [0.3, 0.4) is 0 Å². The maximum atomic E-state index is 12.9. The van der Waals surface area contributed by atoms with E-state index < -0.39 is 39.3 Å². The fraction of sp³-hybridized carbons (Fsp3) is 0.158. The molecule has 0 unspecified atom stereocenters. The fourth-order valence-corrected chi connectivity index (χ4v) is 3.11. The minimum absolute atomic E-state index is 0.0966. The number of ketones is 1. The first-order valence-electron chi connectivity index (χ1n) is 8.53. The van der Waals surface area contributed by atoms with Gasteiger partial charge in [-0.25, -0.2) is 0 Å². The number of H-pyrrole nitrogens is 1. The molecule has 0 aliphatic carbocycles. The van der Waals surface area contributed by atoms with Crippen LogP contribution in [0.5, 0.6) is 11.5 Å². The van der Waals surface area contributed by atoms with Crippen molar-refractivity contribution in [1.29, 1.82) is 0 Å². The summed E-state index contributed by atoms with van der Waals surface area (Å²) in [5.74, 6) is -1.16. The van der Waals surface area contributed by atoms with Gasteiger partial charge >= 0.3 is 6.18 Å². The molecule has 0 amide bonds. The number of carbonyl (C=O) groups is 1. The highest BCUT2D eigenvalue weighted by atomic mass is 35.5. The molecule has 12 heteroatoms. The number of aromatic amines is 1. The quantitative estimate of drug-likeness (QED) is 0.343. The van der Waals surface area contributed by atoms with E-state index in [0.717, 1.165) is 35.0 Å². The van der Waals surface area contributed by atoms with Gasteiger partial charge in [0, 0.05) is 18.8 Å². The first kappa shape index (κ1) is 22.1. The van der Waals surface area contributed by atoms with E-state index in [-0.39, 0.29) is 27.8 Å². The molecule has 1 aromatic heterocycles. The Balaban J connectivity index is 2.04. The van der Waals surface area contributed by atoms with Gasteiger partial charge in [-0.05, 0) is 37.3 Å². The summed E-state index contributed by atoms with van der Waals surface area (Å²) in [6.45, 7) is 1.46. The molecule has 0 spiro atoms. The van der Waals surface area contributed by atoms with Gasteiger partial charge in [0.2, 0.25) is 5.78 Å². The van der Waals surface area contributed by atoms with E-state index in [2.05, 4.69) is 5.10 Å². The van der Waals surface area contributed by atoms with E-state index in [1.165, 1.54) is 14.0 Å². The largest absolute Gasteiger partial charge is 0.456 e. The third kappa shape index (κ3) is 4.31. The number of halogens is 4. The molecule has 0 aliphatic rings. The SMILES string of the molecule is Cc1[nH]n(C)c(=O)c1C(=O)c1cc(Oc2ccc(C(F)(F)F)cc2Cl)ccc1[N+](=O)[O-]. The van der Waals surface area contributed by atoms with Crippen molar-refractivity contribution in [3.63, 3.8) is 0 Å². The van der Waals surface area contributed by atoms with Crippen LogP contribution in [0.2, 0.25) is 5.02 Å². The van der Waals surface area contributed by atoms with Crippen molar-refractivity contribution >= 4 is 23.1 Å². The molecule has 0 radical (unpaired) electrons. The van der Waals surface area contributed by atoms with E-state index in [1.54, 1.807) is 0 Å². The van der Waals surface area contributed by atoms with Crippen LogP contribution in [0.25, 0.3) is 0 Å². The number of alkyl halides is 3. The zero-order valence-electron chi connectivity index (χ0n) is 15.9. The Morgan fingerprint density at radius 3 is 2.42 bits per heavy atom. The number of nitro benzene ring substituents is 1. The van der Waals surface area contributed by atoms with Gasteiger partial charge in [0.15, 0.2) is 0 Å². The molecule has 3 rings (SSSR count). The van der Waals surface area contributed by atoms with Gasteiger partial charge in [-0.1, -0.05) is 11.6 Å². The zero-order chi connectivity index (χ0) is 23.1. The summed E-state index contributed by atoms with van der Waals surface area (Å²) in [7, 11) is 1.38. The van der Waals surface area contributed by atoms with E-state index >= 15 is 0 Å². The minimum Gasteiger partial charge on any atom is -0.456 e. The highest BCUT2D eigenvalue weighted by molar-refractivity contribution is 6.32. The van der Waals surface area contributed by atoms with Gasteiger partial charge in [-0.15, -0.1) is 0 Å². The number of nitro groups is 1. The number of nitrogens with zero attached hydrogens (tertiary/aromatic N) is 2. The van der Waals surface area contributed by atoms with Gasteiger partial charge in [-0.3, -0.25) is 29.5 Å². The van der Waals surface area contributed by atoms with Crippen LogP contribution in [0.4, 0.5) is 18.9 Å². The normalized spacial score (nSPS) is 11.4. The summed E-state index contributed by atoms with van der Waals surface area (Å²) in [6, 6.07) is 5.59. The number of benzene rings is 2. The molecular formula is C19H13ClF3N3O5. The van der Waals surface area contributed by atoms with Crippen LogP contribution in [-0.4, -0.2) is 20.5 Å². The third-order valence-electron chi connectivity index (χ3n) is 4.35. The van der Waals surface area contributed by atoms with E-state index in [0.29, 0.717) is 6.07 Å². The molecule has 0 saturated carbocycles. The van der Waals surface area contributed by atoms with E-state index in [1.807, 2.05) is 0 Å². The van der Waals surface area contributed by atoms with Crippen LogP contribution >= 0.6 is 11.6 Å². The average molecular weight is 456 g/mol. The smallest absolute Gasteiger partial charge is 0.416 e. The van der Waals surface area contributed by atoms with Gasteiger partial charge < -0.3 is 4.74 Å². The van der Waals surface area contributed by atoms with Crippen LogP contribution in [0, 0.1) is 17.0 Å². The molecule has 162 valence electrons. The molecule has 31 heavy (non-hydrogen) atoms. The molecule has 1 N–H and O–H groups in total. The van der Waals surface area contributed by atoms with Gasteiger partial charge in [-0.2, -0.15) is 13.2 Å². The summed E-state index contributed by atoms with van der Waals surface area (Å²) < 4.78 is 44.8. The summed E-state index contributed by atoms with van der Waals surface area (Å²) in [5.41, 5.74) is -2.72. The number of ether oxygens (including phenoxy) is 1. The third-order valence-corrected chi connectivity index (χ3v) is 4.65. The lowest BCUT2D eigenvalue weighted by atomic mass is 10.0. The Morgan fingerprint density at radius 1 is 1.23 bits per heavy atom. The standard InChI is InChI=1S/C19H13ClF3N3O5/c1-9-16(18(28)25(2)24-9)17(27)12-8-11(4-5-14(12)26(29)30)31-15-6-3-10(7-13(15)20)19(21,22)23/h3-8,24H,1-2H3. The number of carbonyl (C=O) groups excluding carboxylic acids is 1. The predicted octanol–water partition coefficient (Wildman–Crippen LogP) is 4.63. The van der Waals surface area contributed by atoms with Crippen LogP contribution in [0.15, 0.2) is 41.2 Å². The van der Waals surface area contributed by atoms with Gasteiger partial charge in [0.05, 0.1) is 15.5 Å². The molecule has 8 nitrogen and oxygen atoms in total. The van der Waals surface area contributed by atoms with Gasteiger partial charge in [0.25, 0.3) is 11.2 Å². The Hall–Kier alpha value is -3.60. The molecule has 0 atom stereocenters. The van der Waals surface area contributed by atoms with Crippen molar-refractivity contribution in [3.05, 3.63) is 84.3 Å². The monoisotopic (exact) mass is 455 g/mol. The van der Waals surface area contributed by atoms with Gasteiger partial charge in [0.1, 0.15) is 22.6 Å². The Morgan fingerprint density at radius 2 is 1.90 bits per heavy atom. The average Bonchev–Trinajstić information content (AvgIpc) is 2.93. The number of aryl methyl sites for hydroxylation is 2. The topological polar surface area (TPSA) is 107 Å². The lowest BCUT2D eigenvalue weighted by molar-refractivity contribution is -0.385. The first-order valence-corrected chi connectivity index (χ1v) is 8.91. The van der Waals surface area contributed by atoms with Crippen LogP contribution < -0.4 is 10.3 Å².